The molecule has 0 spiro atoms. The molecule has 2 atom stereocenters. The quantitative estimate of drug-likeness (QED) is 0.632. The lowest BCUT2D eigenvalue weighted by Crippen LogP contribution is -2.14. The summed E-state index contributed by atoms with van der Waals surface area (Å²) in [7, 11) is 0. The summed E-state index contributed by atoms with van der Waals surface area (Å²) in [4.78, 5) is 0.314. The number of rotatable bonds is 5. The van der Waals surface area contributed by atoms with Crippen LogP contribution in [0, 0.1) is 5.92 Å². The normalized spacial score (nSPS) is 15.4. The van der Waals surface area contributed by atoms with Crippen LogP contribution in [-0.4, -0.2) is 4.83 Å². The van der Waals surface area contributed by atoms with Gasteiger partial charge in [0, 0.05) is 4.83 Å². The first kappa shape index (κ1) is 15.5. The van der Waals surface area contributed by atoms with Crippen molar-refractivity contribution < 1.29 is 13.2 Å². The molecule has 4 heteroatoms. The summed E-state index contributed by atoms with van der Waals surface area (Å²) >= 11 is 3.62. The van der Waals surface area contributed by atoms with Crippen LogP contribution in [-0.2, 0) is 12.6 Å². The molecule has 1 rings (SSSR count). The summed E-state index contributed by atoms with van der Waals surface area (Å²) < 4.78 is 37.2. The molecule has 0 nitrogen and oxygen atoms in total. The Morgan fingerprint density at radius 2 is 1.72 bits per heavy atom. The zero-order valence-corrected chi connectivity index (χ0v) is 12.2. The molecule has 0 radical (unpaired) electrons. The fourth-order valence-corrected chi connectivity index (χ4v) is 2.53. The second-order valence-corrected chi connectivity index (χ2v) is 5.86. The van der Waals surface area contributed by atoms with Crippen molar-refractivity contribution in [3.05, 3.63) is 35.4 Å². The Bertz CT molecular complexity index is 356. The number of halogens is 4. The highest BCUT2D eigenvalue weighted by atomic mass is 79.9. The Balaban J connectivity index is 2.64. The Kier molecular flexibility index (Phi) is 5.70. The predicted molar refractivity (Wildman–Crippen MR) is 71.9 cm³/mol. The topological polar surface area (TPSA) is 0 Å². The zero-order chi connectivity index (χ0) is 13.8. The number of hydrogen-bond acceptors (Lipinski definition) is 0. The number of benzene rings is 1. The van der Waals surface area contributed by atoms with Gasteiger partial charge in [-0.05, 0) is 36.5 Å². The summed E-state index contributed by atoms with van der Waals surface area (Å²) in [5.74, 6) is 0.525. The Morgan fingerprint density at radius 1 is 1.17 bits per heavy atom. The van der Waals surface area contributed by atoms with Crippen LogP contribution in [0.5, 0.6) is 0 Å². The van der Waals surface area contributed by atoms with Crippen molar-refractivity contribution in [2.24, 2.45) is 5.92 Å². The van der Waals surface area contributed by atoms with Gasteiger partial charge in [0.1, 0.15) is 0 Å². The van der Waals surface area contributed by atoms with E-state index in [0.717, 1.165) is 37.0 Å². The minimum atomic E-state index is -4.25. The molecule has 0 amide bonds. The second-order valence-electron chi connectivity index (χ2n) is 4.68. The van der Waals surface area contributed by atoms with Crippen LogP contribution in [0.15, 0.2) is 24.3 Å². The van der Waals surface area contributed by atoms with E-state index in [2.05, 4.69) is 29.8 Å². The second kappa shape index (κ2) is 6.60. The molecule has 0 heterocycles. The summed E-state index contributed by atoms with van der Waals surface area (Å²) in [6, 6.07) is 5.44. The minimum absolute atomic E-state index is 0.314. The van der Waals surface area contributed by atoms with Gasteiger partial charge in [0.2, 0.25) is 0 Å². The van der Waals surface area contributed by atoms with Crippen molar-refractivity contribution in [2.45, 2.75) is 44.1 Å². The summed E-state index contributed by atoms with van der Waals surface area (Å²) in [6.45, 7) is 4.29. The van der Waals surface area contributed by atoms with Crippen LogP contribution in [0.4, 0.5) is 13.2 Å². The third kappa shape index (κ3) is 4.63. The van der Waals surface area contributed by atoms with Crippen molar-refractivity contribution >= 4 is 15.9 Å². The fraction of sp³-hybridized carbons (Fsp3) is 0.571. The molecule has 0 aromatic heterocycles. The first-order valence-electron chi connectivity index (χ1n) is 6.14. The third-order valence-electron chi connectivity index (χ3n) is 3.07. The van der Waals surface area contributed by atoms with Gasteiger partial charge >= 0.3 is 6.18 Å². The van der Waals surface area contributed by atoms with E-state index in [1.807, 2.05) is 0 Å². The highest BCUT2D eigenvalue weighted by molar-refractivity contribution is 9.09. The molecular formula is C14H18BrF3. The molecule has 0 aliphatic carbocycles. The van der Waals surface area contributed by atoms with Crippen molar-refractivity contribution in [1.82, 2.24) is 0 Å². The Labute approximate surface area is 115 Å². The van der Waals surface area contributed by atoms with Gasteiger partial charge in [0.15, 0.2) is 0 Å². The molecule has 1 aromatic rings. The van der Waals surface area contributed by atoms with Crippen molar-refractivity contribution in [2.75, 3.05) is 0 Å². The van der Waals surface area contributed by atoms with Crippen LogP contribution < -0.4 is 0 Å². The first-order valence-corrected chi connectivity index (χ1v) is 7.06. The van der Waals surface area contributed by atoms with E-state index in [1.54, 1.807) is 12.1 Å². The van der Waals surface area contributed by atoms with Gasteiger partial charge in [-0.3, -0.25) is 0 Å². The largest absolute Gasteiger partial charge is 0.416 e. The molecule has 0 aliphatic rings. The Morgan fingerprint density at radius 3 is 2.17 bits per heavy atom. The molecule has 0 N–H and O–H groups in total. The monoisotopic (exact) mass is 322 g/mol. The van der Waals surface area contributed by atoms with Crippen LogP contribution in [0.1, 0.15) is 37.8 Å². The first-order chi connectivity index (χ1) is 8.34. The van der Waals surface area contributed by atoms with E-state index < -0.39 is 11.7 Å². The molecule has 1 aromatic carbocycles. The lowest BCUT2D eigenvalue weighted by atomic mass is 9.96. The van der Waals surface area contributed by atoms with Gasteiger partial charge < -0.3 is 0 Å². The van der Waals surface area contributed by atoms with Crippen LogP contribution in [0.25, 0.3) is 0 Å². The smallest absolute Gasteiger partial charge is 0.166 e. The van der Waals surface area contributed by atoms with Gasteiger partial charge in [-0.1, -0.05) is 48.3 Å². The summed E-state index contributed by atoms with van der Waals surface area (Å²) in [5.41, 5.74) is 0.354. The summed E-state index contributed by atoms with van der Waals surface area (Å²) in [5, 5.41) is 0. The molecule has 102 valence electrons. The molecule has 0 saturated carbocycles. The number of hydrogen-bond donors (Lipinski definition) is 0. The van der Waals surface area contributed by atoms with Gasteiger partial charge in [-0.2, -0.15) is 13.2 Å². The lowest BCUT2D eigenvalue weighted by Gasteiger charge is -2.18. The predicted octanol–water partition coefficient (Wildman–Crippen LogP) is 5.45. The molecule has 18 heavy (non-hydrogen) atoms. The maximum Gasteiger partial charge on any atom is 0.416 e. The zero-order valence-electron chi connectivity index (χ0n) is 10.6. The molecule has 0 fully saturated rings. The van der Waals surface area contributed by atoms with E-state index >= 15 is 0 Å². The maximum absolute atomic E-state index is 12.4. The average Bonchev–Trinajstić information content (AvgIpc) is 2.28. The highest BCUT2D eigenvalue weighted by Gasteiger charge is 2.30. The van der Waals surface area contributed by atoms with E-state index in [-0.39, 0.29) is 0 Å². The van der Waals surface area contributed by atoms with Crippen LogP contribution >= 0.6 is 15.9 Å². The van der Waals surface area contributed by atoms with Gasteiger partial charge in [0.05, 0.1) is 5.56 Å². The SMILES string of the molecule is CCCC(C)C(Br)Cc1ccc(C(F)(F)F)cc1. The molecular weight excluding hydrogens is 305 g/mol. The maximum atomic E-state index is 12.4. The van der Waals surface area contributed by atoms with Crippen molar-refractivity contribution in [3.63, 3.8) is 0 Å². The standard InChI is InChI=1S/C14H18BrF3/c1-3-4-10(2)13(15)9-11-5-7-12(8-6-11)14(16,17)18/h5-8,10,13H,3-4,9H2,1-2H3. The average molecular weight is 323 g/mol. The van der Waals surface area contributed by atoms with E-state index in [4.69, 9.17) is 0 Å². The highest BCUT2D eigenvalue weighted by Crippen LogP contribution is 2.30. The lowest BCUT2D eigenvalue weighted by molar-refractivity contribution is -0.137. The fourth-order valence-electron chi connectivity index (χ4n) is 1.89. The van der Waals surface area contributed by atoms with E-state index in [1.165, 1.54) is 0 Å². The molecule has 0 bridgehead atoms. The molecule has 2 unspecified atom stereocenters. The molecule has 0 saturated heterocycles. The van der Waals surface area contributed by atoms with Crippen molar-refractivity contribution in [3.8, 4) is 0 Å². The summed E-state index contributed by atoms with van der Waals surface area (Å²) in [6.07, 6.45) is -1.24. The Hall–Kier alpha value is -0.510. The van der Waals surface area contributed by atoms with E-state index in [9.17, 15) is 13.2 Å². The van der Waals surface area contributed by atoms with Gasteiger partial charge in [0.25, 0.3) is 0 Å². The third-order valence-corrected chi connectivity index (χ3v) is 4.30. The van der Waals surface area contributed by atoms with Gasteiger partial charge in [-0.15, -0.1) is 0 Å². The van der Waals surface area contributed by atoms with Crippen LogP contribution in [0.3, 0.4) is 0 Å². The van der Waals surface area contributed by atoms with Gasteiger partial charge in [-0.25, -0.2) is 0 Å². The number of alkyl halides is 4. The van der Waals surface area contributed by atoms with E-state index in [0.29, 0.717) is 10.7 Å². The molecule has 0 aliphatic heterocycles. The van der Waals surface area contributed by atoms with Crippen molar-refractivity contribution in [1.29, 1.82) is 0 Å². The van der Waals surface area contributed by atoms with Crippen LogP contribution in [0.2, 0.25) is 0 Å². The minimum Gasteiger partial charge on any atom is -0.166 e.